The molecule has 0 aromatic heterocycles. The molecule has 0 saturated heterocycles. The van der Waals surface area contributed by atoms with Crippen molar-refractivity contribution in [1.82, 2.24) is 4.90 Å². The van der Waals surface area contributed by atoms with E-state index in [0.29, 0.717) is 12.3 Å². The van der Waals surface area contributed by atoms with Crippen molar-refractivity contribution in [3.63, 3.8) is 0 Å². The Hall–Kier alpha value is -1.81. The lowest BCUT2D eigenvalue weighted by molar-refractivity contribution is -0.132. The van der Waals surface area contributed by atoms with Crippen LogP contribution in [-0.2, 0) is 11.3 Å². The van der Waals surface area contributed by atoms with Crippen LogP contribution in [0.4, 0.5) is 0 Å². The fraction of sp³-hybridized carbons (Fsp3) is 0.235. The third kappa shape index (κ3) is 4.60. The molecule has 0 radical (unpaired) electrons. The van der Waals surface area contributed by atoms with Gasteiger partial charge in [0.2, 0.25) is 0 Å². The van der Waals surface area contributed by atoms with Crippen molar-refractivity contribution in [2.24, 2.45) is 0 Å². The minimum atomic E-state index is -0.0406. The summed E-state index contributed by atoms with van der Waals surface area (Å²) in [7, 11) is 1.79. The number of carbonyl (C=O) groups is 1. The van der Waals surface area contributed by atoms with Crippen LogP contribution in [0, 0.1) is 6.92 Å². The monoisotopic (exact) mass is 347 g/mol. The molecule has 2 aromatic carbocycles. The summed E-state index contributed by atoms with van der Waals surface area (Å²) in [5.74, 6) is 0.650. The van der Waals surface area contributed by atoms with Gasteiger partial charge in [0.05, 0.1) is 0 Å². The molecule has 0 saturated carbocycles. The molecule has 3 nitrogen and oxygen atoms in total. The molecule has 0 spiro atoms. The molecule has 110 valence electrons. The number of aryl methyl sites for hydroxylation is 1. The number of hydrogen-bond donors (Lipinski definition) is 0. The van der Waals surface area contributed by atoms with Gasteiger partial charge >= 0.3 is 0 Å². The molecule has 2 rings (SSSR count). The van der Waals surface area contributed by atoms with Gasteiger partial charge in [0.25, 0.3) is 5.91 Å². The summed E-state index contributed by atoms with van der Waals surface area (Å²) in [4.78, 5) is 13.8. The number of halogens is 1. The van der Waals surface area contributed by atoms with Gasteiger partial charge in [0.15, 0.2) is 6.61 Å². The third-order valence-corrected chi connectivity index (χ3v) is 3.80. The summed E-state index contributed by atoms with van der Waals surface area (Å²) < 4.78 is 6.48. The molecule has 0 heterocycles. The first-order valence-electron chi connectivity index (χ1n) is 6.73. The smallest absolute Gasteiger partial charge is 0.260 e. The number of ether oxygens (including phenoxy) is 1. The van der Waals surface area contributed by atoms with E-state index < -0.39 is 0 Å². The summed E-state index contributed by atoms with van der Waals surface area (Å²) in [6.45, 7) is 2.69. The lowest BCUT2D eigenvalue weighted by Gasteiger charge is -2.18. The highest BCUT2D eigenvalue weighted by molar-refractivity contribution is 9.10. The minimum absolute atomic E-state index is 0.0406. The fourth-order valence-corrected chi connectivity index (χ4v) is 2.18. The van der Waals surface area contributed by atoms with E-state index in [1.165, 1.54) is 5.56 Å². The van der Waals surface area contributed by atoms with Crippen LogP contribution in [0.15, 0.2) is 53.0 Å². The molecule has 0 unspecified atom stereocenters. The number of hydrogen-bond acceptors (Lipinski definition) is 2. The molecule has 0 N–H and O–H groups in total. The Morgan fingerprint density at radius 3 is 2.48 bits per heavy atom. The molecule has 21 heavy (non-hydrogen) atoms. The van der Waals surface area contributed by atoms with E-state index >= 15 is 0 Å². The van der Waals surface area contributed by atoms with E-state index in [1.54, 1.807) is 11.9 Å². The lowest BCUT2D eigenvalue weighted by atomic mass is 10.1. The molecule has 0 aliphatic rings. The Balaban J connectivity index is 1.88. The summed E-state index contributed by atoms with van der Waals surface area (Å²) in [6.07, 6.45) is 0. The molecular weight excluding hydrogens is 330 g/mol. The zero-order valence-corrected chi connectivity index (χ0v) is 13.8. The predicted molar refractivity (Wildman–Crippen MR) is 87.3 cm³/mol. The second-order valence-electron chi connectivity index (χ2n) is 4.92. The van der Waals surface area contributed by atoms with Crippen LogP contribution in [0.1, 0.15) is 11.1 Å². The van der Waals surface area contributed by atoms with E-state index in [1.807, 2.05) is 55.5 Å². The quantitative estimate of drug-likeness (QED) is 0.823. The highest BCUT2D eigenvalue weighted by Crippen LogP contribution is 2.16. The van der Waals surface area contributed by atoms with Gasteiger partial charge in [-0.25, -0.2) is 0 Å². The van der Waals surface area contributed by atoms with Gasteiger partial charge in [-0.3, -0.25) is 4.79 Å². The zero-order chi connectivity index (χ0) is 15.2. The Morgan fingerprint density at radius 2 is 1.81 bits per heavy atom. The third-order valence-electron chi connectivity index (χ3n) is 3.27. The molecule has 0 atom stereocenters. The minimum Gasteiger partial charge on any atom is -0.484 e. The van der Waals surface area contributed by atoms with E-state index in [9.17, 15) is 4.79 Å². The first kappa shape index (κ1) is 15.6. The molecule has 0 bridgehead atoms. The largest absolute Gasteiger partial charge is 0.484 e. The number of rotatable bonds is 5. The number of likely N-dealkylation sites (N-methyl/N-ethyl adjacent to an activating group) is 1. The predicted octanol–water partition coefficient (Wildman–Crippen LogP) is 3.79. The van der Waals surface area contributed by atoms with E-state index in [0.717, 1.165) is 10.0 Å². The van der Waals surface area contributed by atoms with Gasteiger partial charge in [0.1, 0.15) is 5.75 Å². The molecule has 0 fully saturated rings. The van der Waals surface area contributed by atoms with Crippen molar-refractivity contribution in [3.05, 3.63) is 64.1 Å². The average Bonchev–Trinajstić information content (AvgIpc) is 2.48. The standard InChI is InChI=1S/C17H18BrNO2/c1-13-5-3-4-6-14(13)11-19(2)17(20)12-21-16-9-7-15(18)8-10-16/h3-10H,11-12H2,1-2H3. The average molecular weight is 348 g/mol. The Kier molecular flexibility index (Phi) is 5.39. The van der Waals surface area contributed by atoms with Gasteiger partial charge in [0, 0.05) is 18.1 Å². The van der Waals surface area contributed by atoms with Crippen LogP contribution in [0.5, 0.6) is 5.75 Å². The zero-order valence-electron chi connectivity index (χ0n) is 12.2. The molecule has 0 aliphatic carbocycles. The number of carbonyl (C=O) groups excluding carboxylic acids is 1. The maximum absolute atomic E-state index is 12.1. The van der Waals surface area contributed by atoms with Crippen molar-refractivity contribution in [3.8, 4) is 5.75 Å². The Morgan fingerprint density at radius 1 is 1.14 bits per heavy atom. The van der Waals surface area contributed by atoms with E-state index in [2.05, 4.69) is 15.9 Å². The van der Waals surface area contributed by atoms with Crippen LogP contribution in [0.25, 0.3) is 0 Å². The van der Waals surface area contributed by atoms with Crippen molar-refractivity contribution < 1.29 is 9.53 Å². The second-order valence-corrected chi connectivity index (χ2v) is 5.83. The van der Waals surface area contributed by atoms with Gasteiger partial charge < -0.3 is 9.64 Å². The topological polar surface area (TPSA) is 29.5 Å². The second kappa shape index (κ2) is 7.27. The fourth-order valence-electron chi connectivity index (χ4n) is 1.92. The normalized spacial score (nSPS) is 10.2. The molecule has 1 amide bonds. The highest BCUT2D eigenvalue weighted by atomic mass is 79.9. The molecule has 2 aromatic rings. The van der Waals surface area contributed by atoms with E-state index in [4.69, 9.17) is 4.74 Å². The van der Waals surface area contributed by atoms with Crippen molar-refractivity contribution >= 4 is 21.8 Å². The summed E-state index contributed by atoms with van der Waals surface area (Å²) in [5, 5.41) is 0. The highest BCUT2D eigenvalue weighted by Gasteiger charge is 2.11. The van der Waals surface area contributed by atoms with E-state index in [-0.39, 0.29) is 12.5 Å². The van der Waals surface area contributed by atoms with Crippen molar-refractivity contribution in [2.45, 2.75) is 13.5 Å². The maximum Gasteiger partial charge on any atom is 0.260 e. The van der Waals surface area contributed by atoms with Crippen molar-refractivity contribution in [1.29, 1.82) is 0 Å². The summed E-state index contributed by atoms with van der Waals surface area (Å²) >= 11 is 3.36. The number of benzene rings is 2. The molecular formula is C17H18BrNO2. The summed E-state index contributed by atoms with van der Waals surface area (Å²) in [6, 6.07) is 15.5. The van der Waals surface area contributed by atoms with Crippen LogP contribution in [0.2, 0.25) is 0 Å². The van der Waals surface area contributed by atoms with Crippen LogP contribution in [-0.4, -0.2) is 24.5 Å². The first-order chi connectivity index (χ1) is 10.1. The number of nitrogens with zero attached hydrogens (tertiary/aromatic N) is 1. The number of amides is 1. The lowest BCUT2D eigenvalue weighted by Crippen LogP contribution is -2.31. The SMILES string of the molecule is Cc1ccccc1CN(C)C(=O)COc1ccc(Br)cc1. The molecule has 0 aliphatic heterocycles. The Labute approximate surface area is 133 Å². The van der Waals surface area contributed by atoms with Crippen LogP contribution >= 0.6 is 15.9 Å². The van der Waals surface area contributed by atoms with Gasteiger partial charge in [-0.2, -0.15) is 0 Å². The van der Waals surface area contributed by atoms with Crippen molar-refractivity contribution in [2.75, 3.05) is 13.7 Å². The van der Waals surface area contributed by atoms with Gasteiger partial charge in [-0.1, -0.05) is 40.2 Å². The van der Waals surface area contributed by atoms with Gasteiger partial charge in [-0.15, -0.1) is 0 Å². The molecule has 4 heteroatoms. The Bertz CT molecular complexity index is 610. The summed E-state index contributed by atoms with van der Waals surface area (Å²) in [5.41, 5.74) is 2.34. The van der Waals surface area contributed by atoms with Crippen LogP contribution in [0.3, 0.4) is 0 Å². The van der Waals surface area contributed by atoms with Crippen LogP contribution < -0.4 is 4.74 Å². The van der Waals surface area contributed by atoms with Gasteiger partial charge in [-0.05, 0) is 42.3 Å². The first-order valence-corrected chi connectivity index (χ1v) is 7.52. The maximum atomic E-state index is 12.1.